The van der Waals surface area contributed by atoms with Crippen molar-refractivity contribution in [3.63, 3.8) is 0 Å². The van der Waals surface area contributed by atoms with Gasteiger partial charge in [0.15, 0.2) is 5.78 Å². The zero-order valence-electron chi connectivity index (χ0n) is 17.9. The van der Waals surface area contributed by atoms with E-state index >= 15 is 0 Å². The van der Waals surface area contributed by atoms with Crippen molar-refractivity contribution < 1.29 is 38.8 Å². The van der Waals surface area contributed by atoms with Crippen LogP contribution in [0.2, 0.25) is 0 Å². The molecule has 0 saturated heterocycles. The van der Waals surface area contributed by atoms with Gasteiger partial charge in [0.2, 0.25) is 6.29 Å². The fraction of sp³-hybridized carbons (Fsp3) is 0.526. The fourth-order valence-corrected chi connectivity index (χ4v) is 2.62. The van der Waals surface area contributed by atoms with Crippen molar-refractivity contribution in [1.29, 1.82) is 0 Å². The summed E-state index contributed by atoms with van der Waals surface area (Å²) in [5.41, 5.74) is 1.21. The second-order valence-corrected chi connectivity index (χ2v) is 7.19. The molecule has 0 aliphatic rings. The zero-order chi connectivity index (χ0) is 23.8. The lowest BCUT2D eigenvalue weighted by Gasteiger charge is -2.36. The number of aromatic hydroxyl groups is 1. The van der Waals surface area contributed by atoms with Gasteiger partial charge >= 0.3 is 12.1 Å². The van der Waals surface area contributed by atoms with Gasteiger partial charge in [0.05, 0.1) is 6.61 Å². The average Bonchev–Trinajstić information content (AvgIpc) is 2.72. The van der Waals surface area contributed by atoms with Crippen LogP contribution in [0.5, 0.6) is 5.75 Å². The first-order valence-corrected chi connectivity index (χ1v) is 9.43. The molecule has 12 heteroatoms. The molecule has 1 rings (SSSR count). The van der Waals surface area contributed by atoms with Gasteiger partial charge in [-0.3, -0.25) is 16.5 Å². The van der Waals surface area contributed by atoms with E-state index < -0.39 is 47.8 Å². The van der Waals surface area contributed by atoms with Crippen LogP contribution in [-0.2, 0) is 23.8 Å². The minimum absolute atomic E-state index is 0.0717. The van der Waals surface area contributed by atoms with Crippen LogP contribution < -0.4 is 22.5 Å². The van der Waals surface area contributed by atoms with E-state index in [1.54, 1.807) is 6.92 Å². The molecule has 0 heterocycles. The Morgan fingerprint density at radius 2 is 1.81 bits per heavy atom. The Kier molecular flexibility index (Phi) is 9.34. The van der Waals surface area contributed by atoms with E-state index in [2.05, 4.69) is 15.6 Å². The zero-order valence-corrected chi connectivity index (χ0v) is 17.9. The van der Waals surface area contributed by atoms with Crippen LogP contribution in [0, 0.1) is 0 Å². The lowest BCUT2D eigenvalue weighted by atomic mass is 9.80. The maximum Gasteiger partial charge on any atom is 0.511 e. The highest BCUT2D eigenvalue weighted by Crippen LogP contribution is 2.30. The van der Waals surface area contributed by atoms with E-state index in [9.17, 15) is 24.6 Å². The summed E-state index contributed by atoms with van der Waals surface area (Å²) in [7, 11) is 0. The van der Waals surface area contributed by atoms with Gasteiger partial charge < -0.3 is 24.4 Å². The molecule has 0 aliphatic heterocycles. The highest BCUT2D eigenvalue weighted by atomic mass is 16.8. The maximum atomic E-state index is 13.0. The third kappa shape index (κ3) is 6.60. The lowest BCUT2D eigenvalue weighted by molar-refractivity contribution is -0.176. The standard InChI is InChI=1S/C19H30N4O8/c1-5-29-17(28)31-11(2)30-16(27)18(3,22-20)10-14(25)19(4,23-21)15(26)12-7-6-8-13(24)9-12/h6-9,11,15,22-24,26H,5,10,20-21H2,1-4H3/t11-,15-,18-,19+/m0/s1. The maximum absolute atomic E-state index is 13.0. The number of nitrogens with one attached hydrogen (secondary N) is 2. The molecule has 0 unspecified atom stereocenters. The molecule has 8 N–H and O–H groups in total. The number of hydrogen-bond donors (Lipinski definition) is 6. The van der Waals surface area contributed by atoms with Gasteiger partial charge in [0.25, 0.3) is 0 Å². The Balaban J connectivity index is 2.98. The van der Waals surface area contributed by atoms with Crippen molar-refractivity contribution in [3.05, 3.63) is 29.8 Å². The number of hydrogen-bond acceptors (Lipinski definition) is 12. The topological polar surface area (TPSA) is 195 Å². The van der Waals surface area contributed by atoms with E-state index in [1.807, 2.05) is 0 Å². The summed E-state index contributed by atoms with van der Waals surface area (Å²) in [4.78, 5) is 37.0. The first-order valence-electron chi connectivity index (χ1n) is 9.43. The Bertz CT molecular complexity index is 792. The molecule has 0 bridgehead atoms. The van der Waals surface area contributed by atoms with E-state index in [4.69, 9.17) is 21.2 Å². The quantitative estimate of drug-likeness (QED) is 0.115. The minimum Gasteiger partial charge on any atom is -0.508 e. The van der Waals surface area contributed by atoms with Crippen molar-refractivity contribution in [1.82, 2.24) is 10.9 Å². The number of carbonyl (C=O) groups is 3. The molecule has 0 radical (unpaired) electrons. The largest absolute Gasteiger partial charge is 0.511 e. The molecule has 1 aromatic rings. The second kappa shape index (κ2) is 11.0. The summed E-state index contributed by atoms with van der Waals surface area (Å²) < 4.78 is 14.4. The molecule has 12 nitrogen and oxygen atoms in total. The van der Waals surface area contributed by atoms with Gasteiger partial charge in [-0.2, -0.15) is 0 Å². The number of ether oxygens (including phenoxy) is 3. The number of nitrogens with two attached hydrogens (primary N) is 2. The molecule has 0 fully saturated rings. The molecule has 0 aromatic heterocycles. The van der Waals surface area contributed by atoms with E-state index in [-0.39, 0.29) is 17.9 Å². The third-order valence-electron chi connectivity index (χ3n) is 4.69. The second-order valence-electron chi connectivity index (χ2n) is 7.19. The molecule has 174 valence electrons. The molecule has 4 atom stereocenters. The number of hydrazine groups is 2. The third-order valence-corrected chi connectivity index (χ3v) is 4.69. The highest BCUT2D eigenvalue weighted by molar-refractivity contribution is 5.95. The predicted molar refractivity (Wildman–Crippen MR) is 108 cm³/mol. The van der Waals surface area contributed by atoms with E-state index in [0.717, 1.165) is 0 Å². The van der Waals surface area contributed by atoms with Gasteiger partial charge in [0.1, 0.15) is 22.9 Å². The van der Waals surface area contributed by atoms with E-state index in [0.29, 0.717) is 0 Å². The molecule has 0 spiro atoms. The Morgan fingerprint density at radius 3 is 2.32 bits per heavy atom. The van der Waals surface area contributed by atoms with Crippen molar-refractivity contribution >= 4 is 17.9 Å². The Morgan fingerprint density at radius 1 is 1.16 bits per heavy atom. The van der Waals surface area contributed by atoms with Crippen LogP contribution in [0.3, 0.4) is 0 Å². The van der Waals surface area contributed by atoms with Gasteiger partial charge in [-0.05, 0) is 38.5 Å². The summed E-state index contributed by atoms with van der Waals surface area (Å²) in [6.07, 6.45) is -4.37. The highest BCUT2D eigenvalue weighted by Gasteiger charge is 2.46. The number of rotatable bonds is 11. The molecular formula is C19H30N4O8. The van der Waals surface area contributed by atoms with Gasteiger partial charge in [-0.1, -0.05) is 12.1 Å². The van der Waals surface area contributed by atoms with Gasteiger partial charge in [-0.15, -0.1) is 0 Å². The number of aliphatic hydroxyl groups is 1. The predicted octanol–water partition coefficient (Wildman–Crippen LogP) is -0.109. The van der Waals surface area contributed by atoms with Crippen LogP contribution in [0.25, 0.3) is 0 Å². The number of aliphatic hydroxyl groups excluding tert-OH is 1. The number of ketones is 1. The molecule has 0 aliphatic carbocycles. The molecule has 31 heavy (non-hydrogen) atoms. The van der Waals surface area contributed by atoms with Gasteiger partial charge in [0, 0.05) is 13.3 Å². The number of benzene rings is 1. The molecular weight excluding hydrogens is 412 g/mol. The Hall–Kier alpha value is -2.77. The average molecular weight is 442 g/mol. The molecule has 1 aromatic carbocycles. The summed E-state index contributed by atoms with van der Waals surface area (Å²) in [6, 6.07) is 5.66. The van der Waals surface area contributed by atoms with Crippen LogP contribution >= 0.6 is 0 Å². The monoisotopic (exact) mass is 442 g/mol. The number of phenols is 1. The first-order chi connectivity index (χ1) is 14.4. The summed E-state index contributed by atoms with van der Waals surface area (Å²) in [5, 5.41) is 20.4. The summed E-state index contributed by atoms with van der Waals surface area (Å²) >= 11 is 0. The van der Waals surface area contributed by atoms with Crippen molar-refractivity contribution in [3.8, 4) is 5.75 Å². The number of Topliss-reactive ketones (excluding diaryl/α,β-unsaturated/α-hetero) is 1. The van der Waals surface area contributed by atoms with Crippen LogP contribution in [0.1, 0.15) is 45.8 Å². The SMILES string of the molecule is CCOC(=O)O[C@@H](C)OC(=O)[C@](C)(CC(=O)[C@@](C)(NN)[C@@H](O)c1cccc(O)c1)NN. The smallest absolute Gasteiger partial charge is 0.508 e. The molecule has 0 amide bonds. The molecule has 0 saturated carbocycles. The number of phenolic OH excluding ortho intramolecular Hbond substituents is 1. The van der Waals surface area contributed by atoms with Crippen LogP contribution in [-0.4, -0.2) is 52.1 Å². The van der Waals surface area contributed by atoms with Crippen LogP contribution in [0.15, 0.2) is 24.3 Å². The van der Waals surface area contributed by atoms with Gasteiger partial charge in [-0.25, -0.2) is 20.4 Å². The minimum atomic E-state index is -1.75. The lowest BCUT2D eigenvalue weighted by Crippen LogP contribution is -2.62. The Labute approximate surface area is 179 Å². The number of esters is 1. The van der Waals surface area contributed by atoms with Crippen molar-refractivity contribution in [2.75, 3.05) is 6.61 Å². The van der Waals surface area contributed by atoms with E-state index in [1.165, 1.54) is 45.0 Å². The number of carbonyl (C=O) groups excluding carboxylic acids is 3. The summed E-state index contributed by atoms with van der Waals surface area (Å²) in [6.45, 7) is 5.56. The fourth-order valence-electron chi connectivity index (χ4n) is 2.62. The van der Waals surface area contributed by atoms with Crippen molar-refractivity contribution in [2.24, 2.45) is 11.7 Å². The summed E-state index contributed by atoms with van der Waals surface area (Å²) in [5.74, 6) is 9.24. The first kappa shape index (κ1) is 26.3. The normalized spacial score (nSPS) is 16.9. The van der Waals surface area contributed by atoms with Crippen molar-refractivity contribution in [2.45, 2.75) is 57.6 Å². The van der Waals surface area contributed by atoms with Crippen LogP contribution in [0.4, 0.5) is 4.79 Å².